The van der Waals surface area contributed by atoms with Crippen molar-refractivity contribution < 1.29 is 18.9 Å². The number of hydrogen-bond acceptors (Lipinski definition) is 6. The maximum absolute atomic E-state index is 13.4. The zero-order chi connectivity index (χ0) is 27.1. The zero-order valence-electron chi connectivity index (χ0n) is 21.2. The number of unbranched alkanes of at least 4 members (excludes halogenated alkanes) is 5. The molecular weight excluding hydrogens is 502 g/mol. The molecule has 1 heterocycles. The van der Waals surface area contributed by atoms with Gasteiger partial charge in [0.25, 0.3) is 22.3 Å². The van der Waals surface area contributed by atoms with Gasteiger partial charge in [-0.3, -0.25) is 19.7 Å². The van der Waals surface area contributed by atoms with E-state index in [0.717, 1.165) is 32.1 Å². The van der Waals surface area contributed by atoms with E-state index < -0.39 is 4.92 Å². The predicted octanol–water partition coefficient (Wildman–Crippen LogP) is 7.57. The fourth-order valence-electron chi connectivity index (χ4n) is 4.35. The monoisotopic (exact) mass is 531 g/mol. The van der Waals surface area contributed by atoms with E-state index in [0.29, 0.717) is 34.5 Å². The van der Waals surface area contributed by atoms with Gasteiger partial charge in [-0.1, -0.05) is 51.2 Å². The van der Waals surface area contributed by atoms with Crippen molar-refractivity contribution in [3.05, 3.63) is 98.9 Å². The summed E-state index contributed by atoms with van der Waals surface area (Å²) >= 11 is 5.28. The summed E-state index contributed by atoms with van der Waals surface area (Å²) in [7, 11) is 0. The number of anilines is 1. The lowest BCUT2D eigenvalue weighted by Gasteiger charge is -2.23. The first-order valence-electron chi connectivity index (χ1n) is 12.7. The SMILES string of the molecule is CCCCCCCCN(C(=O)c1ccc([N+](=O)[O-])cc1)c1ccc(C(=O)n2c(=S)oc3ccccc32)cc1. The van der Waals surface area contributed by atoms with Crippen LogP contribution in [0.3, 0.4) is 0 Å². The molecule has 0 spiro atoms. The molecule has 9 heteroatoms. The summed E-state index contributed by atoms with van der Waals surface area (Å²) in [6.45, 7) is 2.66. The van der Waals surface area contributed by atoms with Gasteiger partial charge in [0.2, 0.25) is 0 Å². The van der Waals surface area contributed by atoms with E-state index in [-0.39, 0.29) is 22.3 Å². The summed E-state index contributed by atoms with van der Waals surface area (Å²) in [4.78, 5) is 39.0. The Morgan fingerprint density at radius 1 is 0.895 bits per heavy atom. The minimum atomic E-state index is -0.493. The van der Waals surface area contributed by atoms with Crippen LogP contribution in [0.5, 0.6) is 0 Å². The van der Waals surface area contributed by atoms with Crippen molar-refractivity contribution in [1.29, 1.82) is 0 Å². The molecule has 38 heavy (non-hydrogen) atoms. The van der Waals surface area contributed by atoms with Crippen molar-refractivity contribution in [3.63, 3.8) is 0 Å². The molecule has 0 atom stereocenters. The van der Waals surface area contributed by atoms with Gasteiger partial charge in [0.15, 0.2) is 5.58 Å². The van der Waals surface area contributed by atoms with Crippen molar-refractivity contribution >= 4 is 46.5 Å². The van der Waals surface area contributed by atoms with Crippen LogP contribution in [0.15, 0.2) is 77.2 Å². The number of aromatic nitrogens is 1. The maximum atomic E-state index is 13.4. The van der Waals surface area contributed by atoms with Gasteiger partial charge in [-0.15, -0.1) is 0 Å². The van der Waals surface area contributed by atoms with Crippen molar-refractivity contribution in [1.82, 2.24) is 4.57 Å². The van der Waals surface area contributed by atoms with Crippen molar-refractivity contribution in [2.24, 2.45) is 0 Å². The highest BCUT2D eigenvalue weighted by atomic mass is 32.1. The molecule has 0 N–H and O–H groups in total. The van der Waals surface area contributed by atoms with E-state index in [4.69, 9.17) is 16.6 Å². The summed E-state index contributed by atoms with van der Waals surface area (Å²) in [6.07, 6.45) is 6.42. The Hall–Kier alpha value is -4.11. The third-order valence-electron chi connectivity index (χ3n) is 6.42. The molecule has 0 radical (unpaired) electrons. The second-order valence-electron chi connectivity index (χ2n) is 9.05. The average molecular weight is 532 g/mol. The molecule has 4 rings (SSSR count). The highest BCUT2D eigenvalue weighted by Crippen LogP contribution is 2.23. The van der Waals surface area contributed by atoms with Crippen LogP contribution in [0.2, 0.25) is 0 Å². The van der Waals surface area contributed by atoms with Gasteiger partial charge in [-0.05, 0) is 67.2 Å². The lowest BCUT2D eigenvalue weighted by Crippen LogP contribution is -2.32. The number of nitro groups is 1. The zero-order valence-corrected chi connectivity index (χ0v) is 22.0. The molecule has 0 saturated heterocycles. The second-order valence-corrected chi connectivity index (χ2v) is 9.40. The number of para-hydroxylation sites is 2. The number of hydrogen-bond donors (Lipinski definition) is 0. The highest BCUT2D eigenvalue weighted by Gasteiger charge is 2.20. The highest BCUT2D eigenvalue weighted by molar-refractivity contribution is 7.71. The lowest BCUT2D eigenvalue weighted by atomic mass is 10.1. The van der Waals surface area contributed by atoms with Gasteiger partial charge < -0.3 is 9.32 Å². The molecule has 0 bridgehead atoms. The minimum Gasteiger partial charge on any atom is -0.429 e. The van der Waals surface area contributed by atoms with Crippen LogP contribution in [-0.4, -0.2) is 27.8 Å². The van der Waals surface area contributed by atoms with Crippen molar-refractivity contribution in [3.8, 4) is 0 Å². The molecule has 4 aromatic rings. The Bertz CT molecular complexity index is 1490. The van der Waals surface area contributed by atoms with Gasteiger partial charge in [0.1, 0.15) is 0 Å². The van der Waals surface area contributed by atoms with Crippen LogP contribution in [0.4, 0.5) is 11.4 Å². The van der Waals surface area contributed by atoms with Gasteiger partial charge in [0.05, 0.1) is 10.4 Å². The van der Waals surface area contributed by atoms with E-state index in [1.54, 1.807) is 41.3 Å². The Morgan fingerprint density at radius 3 is 2.21 bits per heavy atom. The number of amides is 1. The molecular formula is C29H29N3O5S. The number of fused-ring (bicyclic) bond motifs is 1. The summed E-state index contributed by atoms with van der Waals surface area (Å²) in [5.41, 5.74) is 2.44. The molecule has 1 amide bonds. The molecule has 1 aromatic heterocycles. The summed E-state index contributed by atoms with van der Waals surface area (Å²) in [6, 6.07) is 19.5. The summed E-state index contributed by atoms with van der Waals surface area (Å²) in [5, 5.41) is 11.0. The first kappa shape index (κ1) is 26.9. The van der Waals surface area contributed by atoms with Crippen LogP contribution in [-0.2, 0) is 0 Å². The van der Waals surface area contributed by atoms with Gasteiger partial charge in [-0.2, -0.15) is 0 Å². The molecule has 0 aliphatic heterocycles. The third-order valence-corrected chi connectivity index (χ3v) is 6.69. The minimum absolute atomic E-state index is 0.0679. The first-order valence-corrected chi connectivity index (χ1v) is 13.1. The smallest absolute Gasteiger partial charge is 0.276 e. The lowest BCUT2D eigenvalue weighted by molar-refractivity contribution is -0.384. The first-order chi connectivity index (χ1) is 18.4. The van der Waals surface area contributed by atoms with Gasteiger partial charge in [-0.25, -0.2) is 4.57 Å². The second kappa shape index (κ2) is 12.4. The summed E-state index contributed by atoms with van der Waals surface area (Å²) < 4.78 is 6.91. The molecule has 0 aliphatic rings. The normalized spacial score (nSPS) is 11.0. The van der Waals surface area contributed by atoms with Crippen LogP contribution >= 0.6 is 12.2 Å². The molecule has 196 valence electrons. The largest absolute Gasteiger partial charge is 0.429 e. The molecule has 3 aromatic carbocycles. The van der Waals surface area contributed by atoms with E-state index >= 15 is 0 Å². The van der Waals surface area contributed by atoms with E-state index in [2.05, 4.69) is 6.92 Å². The number of benzene rings is 3. The molecule has 8 nitrogen and oxygen atoms in total. The molecule has 0 fully saturated rings. The number of rotatable bonds is 11. The van der Waals surface area contributed by atoms with Crippen molar-refractivity contribution in [2.45, 2.75) is 45.4 Å². The van der Waals surface area contributed by atoms with Crippen LogP contribution in [0.25, 0.3) is 11.1 Å². The number of carbonyl (C=O) groups excluding carboxylic acids is 2. The van der Waals surface area contributed by atoms with E-state index in [1.165, 1.54) is 35.3 Å². The number of oxazole rings is 1. The van der Waals surface area contributed by atoms with Crippen molar-refractivity contribution in [2.75, 3.05) is 11.4 Å². The van der Waals surface area contributed by atoms with Crippen LogP contribution < -0.4 is 4.90 Å². The summed E-state index contributed by atoms with van der Waals surface area (Å²) in [5.74, 6) is -0.578. The Kier molecular flexibility index (Phi) is 8.81. The van der Waals surface area contributed by atoms with E-state index in [1.807, 2.05) is 12.1 Å². The number of carbonyl (C=O) groups is 2. The van der Waals surface area contributed by atoms with Gasteiger partial charge in [0, 0.05) is 35.5 Å². The molecule has 0 saturated carbocycles. The molecule has 0 unspecified atom stereocenters. The third kappa shape index (κ3) is 6.06. The Morgan fingerprint density at radius 2 is 1.53 bits per heavy atom. The Labute approximate surface area is 225 Å². The molecule has 0 aliphatic carbocycles. The average Bonchev–Trinajstić information content (AvgIpc) is 3.27. The number of nitro benzene ring substituents is 1. The topological polar surface area (TPSA) is 98.6 Å². The van der Waals surface area contributed by atoms with Crippen LogP contribution in [0, 0.1) is 15.0 Å². The predicted molar refractivity (Wildman–Crippen MR) is 149 cm³/mol. The van der Waals surface area contributed by atoms with Gasteiger partial charge >= 0.3 is 0 Å². The van der Waals surface area contributed by atoms with Crippen LogP contribution in [0.1, 0.15) is 66.2 Å². The number of non-ortho nitro benzene ring substituents is 1. The standard InChI is InChI=1S/C29H29N3O5S/c1-2-3-4-5-6-9-20-30(27(33)21-14-18-24(19-15-21)32(35)36)23-16-12-22(13-17-23)28(34)31-25-10-7-8-11-26(25)37-29(31)38/h7-8,10-19H,2-6,9,20H2,1H3. The fourth-order valence-corrected chi connectivity index (χ4v) is 4.62. The fraction of sp³-hybridized carbons (Fsp3) is 0.276. The quantitative estimate of drug-likeness (QED) is 0.0857. The van der Waals surface area contributed by atoms with E-state index in [9.17, 15) is 19.7 Å². The number of nitrogens with zero attached hydrogens (tertiary/aromatic N) is 3. The Balaban J connectivity index is 1.57. The maximum Gasteiger partial charge on any atom is 0.276 e.